The zero-order valence-corrected chi connectivity index (χ0v) is 14.0. The van der Waals surface area contributed by atoms with Gasteiger partial charge in [-0.1, -0.05) is 0 Å². The van der Waals surface area contributed by atoms with Crippen LogP contribution in [0.2, 0.25) is 0 Å². The first-order valence-corrected chi connectivity index (χ1v) is 8.20. The summed E-state index contributed by atoms with van der Waals surface area (Å²) < 4.78 is 44.8. The minimum absolute atomic E-state index is 0.0562. The van der Waals surface area contributed by atoms with E-state index in [1.165, 1.54) is 17.5 Å². The lowest BCUT2D eigenvalue weighted by Crippen LogP contribution is -2.39. The first kappa shape index (κ1) is 17.4. The third kappa shape index (κ3) is 3.69. The molecule has 1 aromatic carbocycles. The van der Waals surface area contributed by atoms with Gasteiger partial charge in [0.05, 0.1) is 16.8 Å². The average Bonchev–Trinajstić information content (AvgIpc) is 2.33. The summed E-state index contributed by atoms with van der Waals surface area (Å²) in [7, 11) is -2.32. The van der Waals surface area contributed by atoms with E-state index in [2.05, 4.69) is 15.9 Å². The van der Waals surface area contributed by atoms with Crippen LogP contribution in [0.25, 0.3) is 0 Å². The number of sulfonamides is 1. The maximum Gasteiger partial charge on any atom is 0.245 e. The number of methoxy groups -OCH3 is 1. The lowest BCUT2D eigenvalue weighted by Gasteiger charge is -2.26. The van der Waals surface area contributed by atoms with Gasteiger partial charge in [0, 0.05) is 19.7 Å². The third-order valence-electron chi connectivity index (χ3n) is 2.73. The molecule has 0 unspecified atom stereocenters. The predicted octanol–water partition coefficient (Wildman–Crippen LogP) is 2.22. The molecular formula is C12H18BrFN2O3S. The van der Waals surface area contributed by atoms with E-state index in [9.17, 15) is 12.8 Å². The van der Waals surface area contributed by atoms with E-state index < -0.39 is 15.8 Å². The van der Waals surface area contributed by atoms with Crippen molar-refractivity contribution in [2.24, 2.45) is 0 Å². The first-order chi connectivity index (χ1) is 9.21. The summed E-state index contributed by atoms with van der Waals surface area (Å²) in [6.45, 7) is 3.97. The van der Waals surface area contributed by atoms with Gasteiger partial charge in [0.1, 0.15) is 10.7 Å². The Morgan fingerprint density at radius 3 is 2.55 bits per heavy atom. The zero-order valence-electron chi connectivity index (χ0n) is 11.6. The quantitative estimate of drug-likeness (QED) is 0.781. The van der Waals surface area contributed by atoms with Crippen LogP contribution in [0, 0.1) is 5.82 Å². The Kier molecular flexibility index (Phi) is 5.93. The van der Waals surface area contributed by atoms with Gasteiger partial charge in [0.2, 0.25) is 10.0 Å². The fourth-order valence-electron chi connectivity index (χ4n) is 1.73. The number of hydrogen-bond donors (Lipinski definition) is 1. The normalized spacial score (nSPS) is 12.3. The SMILES string of the molecule is COCCN(C(C)C)S(=O)(=O)c1cc(Br)c(F)cc1N. The molecule has 0 heterocycles. The zero-order chi connectivity index (χ0) is 15.5. The van der Waals surface area contributed by atoms with Gasteiger partial charge in [-0.2, -0.15) is 4.31 Å². The summed E-state index contributed by atoms with van der Waals surface area (Å²) in [5.41, 5.74) is 5.53. The molecule has 1 aromatic rings. The van der Waals surface area contributed by atoms with Crippen LogP contribution < -0.4 is 5.73 Å². The fraction of sp³-hybridized carbons (Fsp3) is 0.500. The Balaban J connectivity index is 3.29. The third-order valence-corrected chi connectivity index (χ3v) is 5.47. The molecule has 0 fully saturated rings. The lowest BCUT2D eigenvalue weighted by molar-refractivity contribution is 0.171. The monoisotopic (exact) mass is 368 g/mol. The van der Waals surface area contributed by atoms with Crippen LogP contribution in [0.1, 0.15) is 13.8 Å². The van der Waals surface area contributed by atoms with Crippen LogP contribution in [0.4, 0.5) is 10.1 Å². The summed E-state index contributed by atoms with van der Waals surface area (Å²) in [5.74, 6) is -0.602. The highest BCUT2D eigenvalue weighted by Crippen LogP contribution is 2.29. The van der Waals surface area contributed by atoms with E-state index in [1.807, 2.05) is 0 Å². The van der Waals surface area contributed by atoms with Gasteiger partial charge < -0.3 is 10.5 Å². The van der Waals surface area contributed by atoms with Crippen molar-refractivity contribution in [3.8, 4) is 0 Å². The Hall–Kier alpha value is -0.700. The Bertz CT molecular complexity index is 578. The van der Waals surface area contributed by atoms with Crippen molar-refractivity contribution in [1.29, 1.82) is 0 Å². The molecule has 0 aliphatic rings. The number of nitrogens with zero attached hydrogens (tertiary/aromatic N) is 1. The van der Waals surface area contributed by atoms with Gasteiger partial charge in [0.15, 0.2) is 0 Å². The molecule has 0 saturated carbocycles. The van der Waals surface area contributed by atoms with Gasteiger partial charge in [-0.25, -0.2) is 12.8 Å². The lowest BCUT2D eigenvalue weighted by atomic mass is 10.3. The molecule has 0 bridgehead atoms. The molecule has 20 heavy (non-hydrogen) atoms. The average molecular weight is 369 g/mol. The largest absolute Gasteiger partial charge is 0.398 e. The maximum atomic E-state index is 13.4. The van der Waals surface area contributed by atoms with E-state index in [4.69, 9.17) is 10.5 Å². The summed E-state index contributed by atoms with van der Waals surface area (Å²) >= 11 is 2.97. The molecule has 8 heteroatoms. The smallest absolute Gasteiger partial charge is 0.245 e. The second kappa shape index (κ2) is 6.84. The number of rotatable bonds is 6. The van der Waals surface area contributed by atoms with Crippen molar-refractivity contribution < 1.29 is 17.5 Å². The molecule has 0 aliphatic carbocycles. The summed E-state index contributed by atoms with van der Waals surface area (Å²) in [6.07, 6.45) is 0. The van der Waals surface area contributed by atoms with Crippen molar-refractivity contribution in [1.82, 2.24) is 4.31 Å². The van der Waals surface area contributed by atoms with E-state index >= 15 is 0 Å². The summed E-state index contributed by atoms with van der Waals surface area (Å²) in [6, 6.07) is 1.91. The standard InChI is InChI=1S/C12H18BrFN2O3S/c1-8(2)16(4-5-19-3)20(17,18)12-6-9(13)10(14)7-11(12)15/h6-8H,4-5,15H2,1-3H3. The van der Waals surface area contributed by atoms with Crippen LogP contribution in [-0.2, 0) is 14.8 Å². The topological polar surface area (TPSA) is 72.6 Å². The maximum absolute atomic E-state index is 13.4. The number of ether oxygens (including phenoxy) is 1. The highest BCUT2D eigenvalue weighted by Gasteiger charge is 2.29. The summed E-state index contributed by atoms with van der Waals surface area (Å²) in [4.78, 5) is -0.115. The van der Waals surface area contributed by atoms with Crippen LogP contribution in [-0.4, -0.2) is 39.0 Å². The molecule has 0 aliphatic heterocycles. The van der Waals surface area contributed by atoms with Gasteiger partial charge in [-0.3, -0.25) is 0 Å². The fourth-order valence-corrected chi connectivity index (χ4v) is 3.97. The minimum Gasteiger partial charge on any atom is -0.398 e. The number of nitrogens with two attached hydrogens (primary N) is 1. The number of anilines is 1. The van der Waals surface area contributed by atoms with Crippen LogP contribution in [0.3, 0.4) is 0 Å². The molecule has 0 radical (unpaired) electrons. The second-order valence-corrected chi connectivity index (χ2v) is 7.22. The van der Waals surface area contributed by atoms with Crippen LogP contribution >= 0.6 is 15.9 Å². The molecule has 0 spiro atoms. The minimum atomic E-state index is -3.81. The second-order valence-electron chi connectivity index (χ2n) is 4.51. The Morgan fingerprint density at radius 1 is 1.45 bits per heavy atom. The number of hydrogen-bond acceptors (Lipinski definition) is 4. The van der Waals surface area contributed by atoms with Crippen molar-refractivity contribution in [2.45, 2.75) is 24.8 Å². The van der Waals surface area contributed by atoms with Crippen molar-refractivity contribution in [3.05, 3.63) is 22.4 Å². The van der Waals surface area contributed by atoms with Crippen molar-refractivity contribution >= 4 is 31.6 Å². The van der Waals surface area contributed by atoms with Gasteiger partial charge in [-0.15, -0.1) is 0 Å². The number of benzene rings is 1. The van der Waals surface area contributed by atoms with Crippen molar-refractivity contribution in [2.75, 3.05) is 26.0 Å². The Labute approximate surface area is 127 Å². The summed E-state index contributed by atoms with van der Waals surface area (Å²) in [5, 5.41) is 0. The van der Waals surface area contributed by atoms with Gasteiger partial charge in [-0.05, 0) is 41.9 Å². The molecule has 5 nitrogen and oxygen atoms in total. The number of nitrogen functional groups attached to an aromatic ring is 1. The molecule has 0 atom stereocenters. The molecule has 0 amide bonds. The molecule has 2 N–H and O–H groups in total. The van der Waals surface area contributed by atoms with E-state index in [-0.39, 0.29) is 34.2 Å². The van der Waals surface area contributed by atoms with Gasteiger partial charge in [0.25, 0.3) is 0 Å². The number of halogens is 2. The molecular weight excluding hydrogens is 351 g/mol. The Morgan fingerprint density at radius 2 is 2.05 bits per heavy atom. The van der Waals surface area contributed by atoms with E-state index in [0.717, 1.165) is 6.07 Å². The highest BCUT2D eigenvalue weighted by molar-refractivity contribution is 9.10. The van der Waals surface area contributed by atoms with Crippen LogP contribution in [0.15, 0.2) is 21.5 Å². The predicted molar refractivity (Wildman–Crippen MR) is 79.4 cm³/mol. The van der Waals surface area contributed by atoms with E-state index in [0.29, 0.717) is 0 Å². The van der Waals surface area contributed by atoms with Crippen LogP contribution in [0.5, 0.6) is 0 Å². The molecule has 1 rings (SSSR count). The van der Waals surface area contributed by atoms with Gasteiger partial charge >= 0.3 is 0 Å². The molecule has 114 valence electrons. The highest BCUT2D eigenvalue weighted by atomic mass is 79.9. The van der Waals surface area contributed by atoms with E-state index in [1.54, 1.807) is 13.8 Å². The molecule has 0 saturated heterocycles. The van der Waals surface area contributed by atoms with Crippen molar-refractivity contribution in [3.63, 3.8) is 0 Å². The first-order valence-electron chi connectivity index (χ1n) is 5.97. The molecule has 0 aromatic heterocycles.